The Bertz CT molecular complexity index is 1080. The van der Waals surface area contributed by atoms with Crippen molar-refractivity contribution < 1.29 is 29.2 Å². The van der Waals surface area contributed by atoms with E-state index in [1.807, 2.05) is 0 Å². The number of aromatic carboxylic acids is 1. The Kier molecular flexibility index (Phi) is 6.39. The summed E-state index contributed by atoms with van der Waals surface area (Å²) in [6.07, 6.45) is 1.68. The summed E-state index contributed by atoms with van der Waals surface area (Å²) in [6.45, 7) is 0.103. The van der Waals surface area contributed by atoms with Gasteiger partial charge >= 0.3 is 5.97 Å². The maximum absolute atomic E-state index is 12.5. The molecule has 10 heteroatoms. The summed E-state index contributed by atoms with van der Waals surface area (Å²) in [6, 6.07) is 9.87. The molecule has 31 heavy (non-hydrogen) atoms. The molecular formula is C21H19N3O7. The number of fused-ring (bicyclic) bond motifs is 1. The van der Waals surface area contributed by atoms with Gasteiger partial charge in [0.25, 0.3) is 17.5 Å². The van der Waals surface area contributed by atoms with Crippen LogP contribution < -0.4 is 5.32 Å². The van der Waals surface area contributed by atoms with E-state index in [0.29, 0.717) is 24.9 Å². The highest BCUT2D eigenvalue weighted by Gasteiger charge is 2.40. The van der Waals surface area contributed by atoms with Gasteiger partial charge in [-0.3, -0.25) is 29.4 Å². The molecule has 0 atom stereocenters. The minimum atomic E-state index is -1.09. The average molecular weight is 425 g/mol. The number of carboxylic acid groups (broad SMARTS) is 1. The van der Waals surface area contributed by atoms with E-state index in [1.54, 1.807) is 6.07 Å². The van der Waals surface area contributed by atoms with Crippen molar-refractivity contribution >= 4 is 35.1 Å². The first-order valence-electron chi connectivity index (χ1n) is 9.56. The molecule has 1 heterocycles. The van der Waals surface area contributed by atoms with Crippen LogP contribution in [-0.4, -0.2) is 45.2 Å². The van der Waals surface area contributed by atoms with E-state index in [2.05, 4.69) is 5.32 Å². The second-order valence-electron chi connectivity index (χ2n) is 6.96. The van der Waals surface area contributed by atoms with Crippen LogP contribution in [0.1, 0.15) is 56.8 Å². The van der Waals surface area contributed by atoms with Crippen molar-refractivity contribution in [2.24, 2.45) is 0 Å². The molecule has 0 radical (unpaired) electrons. The predicted octanol–water partition coefficient (Wildman–Crippen LogP) is 3.09. The summed E-state index contributed by atoms with van der Waals surface area (Å²) in [5.41, 5.74) is -0.0823. The smallest absolute Gasteiger partial charge is 0.335 e. The third-order valence-electron chi connectivity index (χ3n) is 4.85. The summed E-state index contributed by atoms with van der Waals surface area (Å²) < 4.78 is 0. The summed E-state index contributed by atoms with van der Waals surface area (Å²) in [5.74, 6) is -2.60. The lowest BCUT2D eigenvalue weighted by Crippen LogP contribution is -2.30. The molecule has 3 amide bonds. The molecule has 0 bridgehead atoms. The van der Waals surface area contributed by atoms with E-state index < -0.39 is 22.7 Å². The van der Waals surface area contributed by atoms with Crippen LogP contribution in [0.2, 0.25) is 0 Å². The molecule has 3 rings (SSSR count). The van der Waals surface area contributed by atoms with Crippen LogP contribution in [-0.2, 0) is 4.79 Å². The fourth-order valence-corrected chi connectivity index (χ4v) is 3.36. The number of amides is 3. The molecule has 0 aromatic heterocycles. The molecule has 0 spiro atoms. The zero-order valence-corrected chi connectivity index (χ0v) is 16.4. The SMILES string of the molecule is O=C(CCCCCN1C(=O)c2cccc([N+](=O)[O-])c2C1=O)Nc1cccc(C(=O)O)c1. The Morgan fingerprint density at radius 2 is 1.77 bits per heavy atom. The fourth-order valence-electron chi connectivity index (χ4n) is 3.36. The molecule has 10 nitrogen and oxygen atoms in total. The number of nitrogens with one attached hydrogen (secondary N) is 1. The number of nitro groups is 1. The molecule has 2 N–H and O–H groups in total. The van der Waals surface area contributed by atoms with E-state index in [9.17, 15) is 29.3 Å². The van der Waals surface area contributed by atoms with Crippen LogP contribution in [0.5, 0.6) is 0 Å². The number of rotatable bonds is 9. The first-order valence-corrected chi connectivity index (χ1v) is 9.56. The van der Waals surface area contributed by atoms with Crippen LogP contribution in [0, 0.1) is 10.1 Å². The molecule has 0 saturated carbocycles. The molecule has 0 unspecified atom stereocenters. The fraction of sp³-hybridized carbons (Fsp3) is 0.238. The summed E-state index contributed by atoms with van der Waals surface area (Å²) in [4.78, 5) is 59.3. The van der Waals surface area contributed by atoms with Gasteiger partial charge in [0.2, 0.25) is 5.91 Å². The van der Waals surface area contributed by atoms with Crippen molar-refractivity contribution in [2.45, 2.75) is 25.7 Å². The Morgan fingerprint density at radius 3 is 2.48 bits per heavy atom. The van der Waals surface area contributed by atoms with Crippen molar-refractivity contribution in [3.8, 4) is 0 Å². The first-order chi connectivity index (χ1) is 14.8. The standard InChI is InChI=1S/C21H19N3O7/c25-17(22-14-7-4-6-13(12-14)21(28)29)10-2-1-3-11-23-19(26)15-8-5-9-16(24(30)31)18(15)20(23)27/h4-9,12H,1-3,10-11H2,(H,22,25)(H,28,29). The molecule has 1 aliphatic rings. The number of benzene rings is 2. The van der Waals surface area contributed by atoms with Crippen molar-refractivity contribution in [3.05, 3.63) is 69.3 Å². The third kappa shape index (κ3) is 4.74. The van der Waals surface area contributed by atoms with Gasteiger partial charge in [0.15, 0.2) is 0 Å². The van der Waals surface area contributed by atoms with Gasteiger partial charge in [0.1, 0.15) is 5.56 Å². The number of carbonyl (C=O) groups is 4. The lowest BCUT2D eigenvalue weighted by atomic mass is 10.1. The maximum Gasteiger partial charge on any atom is 0.335 e. The van der Waals surface area contributed by atoms with Crippen LogP contribution in [0.3, 0.4) is 0 Å². The number of unbranched alkanes of at least 4 members (excludes halogenated alkanes) is 2. The van der Waals surface area contributed by atoms with Gasteiger partial charge in [-0.05, 0) is 37.1 Å². The Balaban J connectivity index is 1.47. The maximum atomic E-state index is 12.5. The predicted molar refractivity (Wildman–Crippen MR) is 109 cm³/mol. The largest absolute Gasteiger partial charge is 0.478 e. The normalized spacial score (nSPS) is 12.6. The van der Waals surface area contributed by atoms with E-state index in [4.69, 9.17) is 5.11 Å². The molecule has 160 valence electrons. The highest BCUT2D eigenvalue weighted by Crippen LogP contribution is 2.30. The van der Waals surface area contributed by atoms with Crippen molar-refractivity contribution in [3.63, 3.8) is 0 Å². The van der Waals surface area contributed by atoms with Gasteiger partial charge in [-0.1, -0.05) is 18.6 Å². The molecule has 0 saturated heterocycles. The summed E-state index contributed by atoms with van der Waals surface area (Å²) in [7, 11) is 0. The monoisotopic (exact) mass is 425 g/mol. The highest BCUT2D eigenvalue weighted by atomic mass is 16.6. The van der Waals surface area contributed by atoms with Gasteiger partial charge in [-0.25, -0.2) is 4.79 Å². The molecule has 0 fully saturated rings. The summed E-state index contributed by atoms with van der Waals surface area (Å²) in [5, 5.41) is 22.7. The number of hydrogen-bond donors (Lipinski definition) is 2. The van der Waals surface area contributed by atoms with Crippen molar-refractivity contribution in [1.29, 1.82) is 0 Å². The number of carboxylic acids is 1. The second-order valence-corrected chi connectivity index (χ2v) is 6.96. The number of anilines is 1. The zero-order chi connectivity index (χ0) is 22.5. The van der Waals surface area contributed by atoms with Crippen LogP contribution in [0.15, 0.2) is 42.5 Å². The van der Waals surface area contributed by atoms with Gasteiger partial charge in [-0.2, -0.15) is 0 Å². The second kappa shape index (κ2) is 9.16. The van der Waals surface area contributed by atoms with Crippen LogP contribution in [0.25, 0.3) is 0 Å². The Labute approximate surface area is 176 Å². The number of nitro benzene ring substituents is 1. The van der Waals surface area contributed by atoms with Gasteiger partial charge in [0.05, 0.1) is 16.1 Å². The van der Waals surface area contributed by atoms with Crippen molar-refractivity contribution in [2.75, 3.05) is 11.9 Å². The number of carbonyl (C=O) groups excluding carboxylic acids is 3. The minimum absolute atomic E-state index is 0.0298. The molecule has 1 aliphatic heterocycles. The summed E-state index contributed by atoms with van der Waals surface area (Å²) >= 11 is 0. The highest BCUT2D eigenvalue weighted by molar-refractivity contribution is 6.23. The van der Waals surface area contributed by atoms with Gasteiger partial charge < -0.3 is 10.4 Å². The van der Waals surface area contributed by atoms with E-state index in [0.717, 1.165) is 4.90 Å². The average Bonchev–Trinajstić information content (AvgIpc) is 2.98. The van der Waals surface area contributed by atoms with Gasteiger partial charge in [-0.15, -0.1) is 0 Å². The number of nitrogens with zero attached hydrogens (tertiary/aromatic N) is 2. The molecule has 2 aromatic carbocycles. The van der Waals surface area contributed by atoms with E-state index in [1.165, 1.54) is 36.4 Å². The first kappa shape index (κ1) is 21.6. The molecular weight excluding hydrogens is 406 g/mol. The Hall–Kier alpha value is -4.08. The molecule has 2 aromatic rings. The van der Waals surface area contributed by atoms with E-state index in [-0.39, 0.29) is 41.3 Å². The van der Waals surface area contributed by atoms with Gasteiger partial charge in [0, 0.05) is 24.7 Å². The number of imide groups is 1. The van der Waals surface area contributed by atoms with E-state index >= 15 is 0 Å². The minimum Gasteiger partial charge on any atom is -0.478 e. The quantitative estimate of drug-likeness (QED) is 0.271. The Morgan fingerprint density at radius 1 is 1.03 bits per heavy atom. The number of hydrogen-bond acceptors (Lipinski definition) is 6. The third-order valence-corrected chi connectivity index (χ3v) is 4.85. The zero-order valence-electron chi connectivity index (χ0n) is 16.4. The topological polar surface area (TPSA) is 147 Å². The van der Waals surface area contributed by atoms with Crippen LogP contribution >= 0.6 is 0 Å². The van der Waals surface area contributed by atoms with Crippen molar-refractivity contribution in [1.82, 2.24) is 4.90 Å². The van der Waals surface area contributed by atoms with Crippen LogP contribution in [0.4, 0.5) is 11.4 Å². The molecule has 0 aliphatic carbocycles. The lowest BCUT2D eigenvalue weighted by Gasteiger charge is -2.13. The lowest BCUT2D eigenvalue weighted by molar-refractivity contribution is -0.385.